The van der Waals surface area contributed by atoms with Crippen molar-refractivity contribution in [2.45, 2.75) is 59.2 Å². The van der Waals surface area contributed by atoms with E-state index in [-0.39, 0.29) is 24.0 Å². The highest BCUT2D eigenvalue weighted by molar-refractivity contribution is 6.46. The lowest BCUT2D eigenvalue weighted by Gasteiger charge is -2.26. The highest BCUT2D eigenvalue weighted by atomic mass is 16.5. The number of likely N-dealkylation sites (tertiary alicyclic amines) is 1. The van der Waals surface area contributed by atoms with Crippen molar-refractivity contribution in [2.24, 2.45) is 5.92 Å². The third kappa shape index (κ3) is 5.92. The van der Waals surface area contributed by atoms with E-state index in [1.165, 1.54) is 4.90 Å². The number of aromatic nitrogens is 1. The molecule has 41 heavy (non-hydrogen) atoms. The van der Waals surface area contributed by atoms with Crippen molar-refractivity contribution in [1.29, 1.82) is 0 Å². The minimum absolute atomic E-state index is 0.0339. The molecular formula is C33H36N2O6. The summed E-state index contributed by atoms with van der Waals surface area (Å²) in [6.07, 6.45) is 4.92. The van der Waals surface area contributed by atoms with Crippen LogP contribution < -0.4 is 14.2 Å². The number of fused-ring (bicyclic) bond motifs is 1. The van der Waals surface area contributed by atoms with Crippen LogP contribution in [-0.4, -0.2) is 46.0 Å². The number of nitrogens with zero attached hydrogens (tertiary/aromatic N) is 2. The predicted molar refractivity (Wildman–Crippen MR) is 155 cm³/mol. The Bertz CT molecular complexity index is 1470. The third-order valence-electron chi connectivity index (χ3n) is 7.35. The number of aliphatic hydroxyl groups is 1. The molecule has 5 rings (SSSR count). The number of rotatable bonds is 10. The second-order valence-corrected chi connectivity index (χ2v) is 10.9. The summed E-state index contributed by atoms with van der Waals surface area (Å²) in [5, 5.41) is 11.6. The summed E-state index contributed by atoms with van der Waals surface area (Å²) >= 11 is 0. The van der Waals surface area contributed by atoms with Crippen LogP contribution in [0.1, 0.15) is 62.4 Å². The molecule has 214 valence electrons. The maximum absolute atomic E-state index is 13.6. The predicted octanol–water partition coefficient (Wildman–Crippen LogP) is 5.85. The highest BCUT2D eigenvalue weighted by Crippen LogP contribution is 2.43. The fraction of sp³-hybridized carbons (Fsp3) is 0.364. The summed E-state index contributed by atoms with van der Waals surface area (Å²) in [5.74, 6) is 0.735. The van der Waals surface area contributed by atoms with E-state index in [0.29, 0.717) is 48.2 Å². The molecule has 2 aromatic carbocycles. The van der Waals surface area contributed by atoms with E-state index in [1.807, 2.05) is 26.0 Å². The van der Waals surface area contributed by atoms with Crippen molar-refractivity contribution in [3.8, 4) is 17.2 Å². The quantitative estimate of drug-likeness (QED) is 0.190. The summed E-state index contributed by atoms with van der Waals surface area (Å²) in [7, 11) is 0. The fourth-order valence-electron chi connectivity index (χ4n) is 5.29. The lowest BCUT2D eigenvalue weighted by molar-refractivity contribution is -0.140. The molecule has 1 N–H and O–H groups in total. The highest BCUT2D eigenvalue weighted by Gasteiger charge is 2.46. The third-order valence-corrected chi connectivity index (χ3v) is 7.35. The van der Waals surface area contributed by atoms with Gasteiger partial charge in [-0.1, -0.05) is 19.9 Å². The second kappa shape index (κ2) is 12.0. The van der Waals surface area contributed by atoms with E-state index in [1.54, 1.807) is 48.8 Å². The van der Waals surface area contributed by atoms with Gasteiger partial charge < -0.3 is 24.2 Å². The van der Waals surface area contributed by atoms with Gasteiger partial charge in [-0.15, -0.1) is 0 Å². The standard InChI is InChI=1S/C33H36N2O6/c1-5-39-28-18-23(6-9-27(28)40-15-12-20(2)3)30-29(31(36)24-7-8-26-25(17-24)16-21(4)41-26)32(37)33(38)35(30)19-22-10-13-34-14-11-22/h6-11,13-14,17-18,20-21,30,36H,5,12,15-16,19H2,1-4H3/b31-29+. The molecular weight excluding hydrogens is 520 g/mol. The second-order valence-electron chi connectivity index (χ2n) is 10.9. The normalized spacial score (nSPS) is 19.4. The molecule has 2 aliphatic rings. The van der Waals surface area contributed by atoms with Gasteiger partial charge in [0.15, 0.2) is 11.5 Å². The fourth-order valence-corrected chi connectivity index (χ4v) is 5.29. The smallest absolute Gasteiger partial charge is 0.295 e. The number of pyridine rings is 1. The van der Waals surface area contributed by atoms with E-state index < -0.39 is 17.7 Å². The van der Waals surface area contributed by atoms with Gasteiger partial charge in [-0.3, -0.25) is 14.6 Å². The van der Waals surface area contributed by atoms with Crippen LogP contribution in [0.4, 0.5) is 0 Å². The Kier molecular flexibility index (Phi) is 8.28. The average Bonchev–Trinajstić information content (AvgIpc) is 3.45. The maximum atomic E-state index is 13.6. The molecule has 0 saturated carbocycles. The molecule has 1 amide bonds. The lowest BCUT2D eigenvalue weighted by atomic mass is 9.94. The number of benzene rings is 2. The molecule has 0 aliphatic carbocycles. The first-order valence-corrected chi connectivity index (χ1v) is 14.1. The van der Waals surface area contributed by atoms with Crippen molar-refractivity contribution in [1.82, 2.24) is 9.88 Å². The number of Topliss-reactive ketones (excluding diaryl/α,β-unsaturated/α-hetero) is 1. The van der Waals surface area contributed by atoms with Gasteiger partial charge in [0.25, 0.3) is 11.7 Å². The summed E-state index contributed by atoms with van der Waals surface area (Å²) < 4.78 is 17.8. The van der Waals surface area contributed by atoms with Crippen molar-refractivity contribution < 1.29 is 28.9 Å². The van der Waals surface area contributed by atoms with Gasteiger partial charge in [-0.2, -0.15) is 0 Å². The molecule has 2 aliphatic heterocycles. The van der Waals surface area contributed by atoms with Crippen LogP contribution in [0.15, 0.2) is 66.5 Å². The van der Waals surface area contributed by atoms with E-state index in [4.69, 9.17) is 14.2 Å². The number of carbonyl (C=O) groups is 2. The number of hydrogen-bond acceptors (Lipinski definition) is 7. The number of hydrogen-bond donors (Lipinski definition) is 1. The van der Waals surface area contributed by atoms with Gasteiger partial charge in [-0.25, -0.2) is 0 Å². The SMILES string of the molecule is CCOc1cc(C2/C(=C(\O)c3ccc4c(c3)CC(C)O4)C(=O)C(=O)N2Cc2ccncc2)ccc1OCCC(C)C. The van der Waals surface area contributed by atoms with Gasteiger partial charge >= 0.3 is 0 Å². The van der Waals surface area contributed by atoms with Crippen molar-refractivity contribution >= 4 is 17.4 Å². The van der Waals surface area contributed by atoms with Crippen LogP contribution in [0, 0.1) is 5.92 Å². The van der Waals surface area contributed by atoms with Gasteiger partial charge in [-0.05, 0) is 85.3 Å². The first-order chi connectivity index (χ1) is 19.8. The van der Waals surface area contributed by atoms with Crippen LogP contribution in [0.3, 0.4) is 0 Å². The number of ketones is 1. The van der Waals surface area contributed by atoms with Crippen LogP contribution in [0.25, 0.3) is 5.76 Å². The molecule has 8 heteroatoms. The largest absolute Gasteiger partial charge is 0.507 e. The molecule has 3 heterocycles. The Morgan fingerprint density at radius 1 is 1.07 bits per heavy atom. The van der Waals surface area contributed by atoms with E-state index in [2.05, 4.69) is 18.8 Å². The molecule has 0 bridgehead atoms. The first-order valence-electron chi connectivity index (χ1n) is 14.1. The lowest BCUT2D eigenvalue weighted by Crippen LogP contribution is -2.29. The number of ether oxygens (including phenoxy) is 3. The van der Waals surface area contributed by atoms with Crippen molar-refractivity contribution in [2.75, 3.05) is 13.2 Å². The van der Waals surface area contributed by atoms with Gasteiger partial charge in [0, 0.05) is 30.9 Å². The number of carbonyl (C=O) groups excluding carboxylic acids is 2. The Hall–Kier alpha value is -4.33. The molecule has 0 radical (unpaired) electrons. The van der Waals surface area contributed by atoms with Crippen LogP contribution in [0.5, 0.6) is 17.2 Å². The summed E-state index contributed by atoms with van der Waals surface area (Å²) in [5.41, 5.74) is 2.90. The number of amides is 1. The maximum Gasteiger partial charge on any atom is 0.295 e. The van der Waals surface area contributed by atoms with Crippen LogP contribution in [0.2, 0.25) is 0 Å². The minimum atomic E-state index is -0.837. The molecule has 2 atom stereocenters. The molecule has 1 aromatic heterocycles. The van der Waals surface area contributed by atoms with Gasteiger partial charge in [0.1, 0.15) is 17.6 Å². The van der Waals surface area contributed by atoms with E-state index >= 15 is 0 Å². The molecule has 1 fully saturated rings. The van der Waals surface area contributed by atoms with E-state index in [0.717, 1.165) is 23.3 Å². The molecule has 0 spiro atoms. The Morgan fingerprint density at radius 2 is 1.85 bits per heavy atom. The van der Waals surface area contributed by atoms with Crippen molar-refractivity contribution in [3.63, 3.8) is 0 Å². The molecule has 1 saturated heterocycles. The monoisotopic (exact) mass is 556 g/mol. The van der Waals surface area contributed by atoms with Gasteiger partial charge in [0.2, 0.25) is 0 Å². The molecule has 8 nitrogen and oxygen atoms in total. The molecule has 3 aromatic rings. The van der Waals surface area contributed by atoms with Crippen molar-refractivity contribution in [3.05, 3.63) is 88.8 Å². The summed E-state index contributed by atoms with van der Waals surface area (Å²) in [6, 6.07) is 13.6. The van der Waals surface area contributed by atoms with Gasteiger partial charge in [0.05, 0.1) is 24.8 Å². The topological polar surface area (TPSA) is 98.2 Å². The zero-order chi connectivity index (χ0) is 29.1. The first kappa shape index (κ1) is 28.2. The average molecular weight is 557 g/mol. The summed E-state index contributed by atoms with van der Waals surface area (Å²) in [4.78, 5) is 32.6. The van der Waals surface area contributed by atoms with Crippen LogP contribution >= 0.6 is 0 Å². The Balaban J connectivity index is 1.60. The Morgan fingerprint density at radius 3 is 2.59 bits per heavy atom. The zero-order valence-corrected chi connectivity index (χ0v) is 23.9. The Labute approximate surface area is 240 Å². The molecule has 2 unspecified atom stereocenters. The number of aliphatic hydroxyl groups excluding tert-OH is 1. The van der Waals surface area contributed by atoms with E-state index in [9.17, 15) is 14.7 Å². The summed E-state index contributed by atoms with van der Waals surface area (Å²) in [6.45, 7) is 9.26. The van der Waals surface area contributed by atoms with Crippen LogP contribution in [-0.2, 0) is 22.6 Å². The minimum Gasteiger partial charge on any atom is -0.507 e. The zero-order valence-electron chi connectivity index (χ0n) is 23.9.